The van der Waals surface area contributed by atoms with Crippen LogP contribution in [-0.4, -0.2) is 84.2 Å². The van der Waals surface area contributed by atoms with E-state index < -0.39 is 5.60 Å². The zero-order chi connectivity index (χ0) is 30.2. The smallest absolute Gasteiger partial charge is 0.252 e. The molecule has 8 heteroatoms. The number of ketones is 1. The molecule has 41 heavy (non-hydrogen) atoms. The van der Waals surface area contributed by atoms with Crippen LogP contribution in [0.2, 0.25) is 0 Å². The van der Waals surface area contributed by atoms with Gasteiger partial charge in [0.1, 0.15) is 17.6 Å². The van der Waals surface area contributed by atoms with Gasteiger partial charge in [0.05, 0.1) is 30.1 Å². The first-order valence-electron chi connectivity index (χ1n) is 14.8. The Kier molecular flexibility index (Phi) is 11.6. The van der Waals surface area contributed by atoms with E-state index in [0.717, 1.165) is 50.2 Å². The average molecular weight is 569 g/mol. The van der Waals surface area contributed by atoms with Crippen LogP contribution >= 0.6 is 0 Å². The molecule has 2 atom stereocenters. The number of unbranched alkanes of at least 4 members (excludes halogenated alkanes) is 1. The highest BCUT2D eigenvalue weighted by Gasteiger charge is 2.40. The van der Waals surface area contributed by atoms with Crippen LogP contribution in [0.1, 0.15) is 70.4 Å². The van der Waals surface area contributed by atoms with Crippen LogP contribution in [-0.2, 0) is 27.2 Å². The van der Waals surface area contributed by atoms with E-state index in [9.17, 15) is 19.8 Å². The predicted molar refractivity (Wildman–Crippen MR) is 161 cm³/mol. The molecule has 1 aliphatic heterocycles. The number of aliphatic hydroxyl groups is 2. The van der Waals surface area contributed by atoms with Crippen LogP contribution in [0.4, 0.5) is 0 Å². The summed E-state index contributed by atoms with van der Waals surface area (Å²) in [4.78, 5) is 29.7. The fourth-order valence-electron chi connectivity index (χ4n) is 5.36. The van der Waals surface area contributed by atoms with Gasteiger partial charge in [-0.15, -0.1) is 0 Å². The summed E-state index contributed by atoms with van der Waals surface area (Å²) in [6.45, 7) is 7.53. The van der Waals surface area contributed by atoms with E-state index in [1.807, 2.05) is 19.1 Å². The summed E-state index contributed by atoms with van der Waals surface area (Å²) < 4.78 is 11.6. The highest BCUT2D eigenvalue weighted by Crippen LogP contribution is 2.33. The topological polar surface area (TPSA) is 99.5 Å². The summed E-state index contributed by atoms with van der Waals surface area (Å²) in [6.07, 6.45) is 8.30. The SMILES string of the molecule is CCc1cc(OCCCN(C)C)ccc1CCCCC(O)=C1C=C(C(=O)N(C)CC2CC=C(C)O2)C(C)(O)CC1=O. The fraction of sp³-hybridized carbons (Fsp3) is 0.576. The molecule has 0 saturated carbocycles. The van der Waals surface area contributed by atoms with Crippen LogP contribution in [0.25, 0.3) is 0 Å². The van der Waals surface area contributed by atoms with Gasteiger partial charge >= 0.3 is 0 Å². The van der Waals surface area contributed by atoms with Crippen LogP contribution in [0.3, 0.4) is 0 Å². The van der Waals surface area contributed by atoms with Crippen molar-refractivity contribution in [2.24, 2.45) is 0 Å². The second kappa shape index (κ2) is 14.7. The quantitative estimate of drug-likeness (QED) is 0.187. The Morgan fingerprint density at radius 3 is 2.59 bits per heavy atom. The molecule has 2 unspecified atom stereocenters. The number of rotatable bonds is 14. The van der Waals surface area contributed by atoms with Gasteiger partial charge < -0.3 is 29.5 Å². The second-order valence-electron chi connectivity index (χ2n) is 11.8. The Hall–Kier alpha value is -3.10. The number of hydrogen-bond donors (Lipinski definition) is 2. The number of allylic oxidation sites excluding steroid dienone is 4. The van der Waals surface area contributed by atoms with Gasteiger partial charge in [0.15, 0.2) is 5.78 Å². The van der Waals surface area contributed by atoms with Crippen molar-refractivity contribution in [1.29, 1.82) is 0 Å². The lowest BCUT2D eigenvalue weighted by Gasteiger charge is -2.32. The summed E-state index contributed by atoms with van der Waals surface area (Å²) in [7, 11) is 5.77. The Balaban J connectivity index is 1.59. The highest BCUT2D eigenvalue weighted by atomic mass is 16.5. The van der Waals surface area contributed by atoms with Crippen molar-refractivity contribution in [3.8, 4) is 5.75 Å². The number of aliphatic hydroxyl groups excluding tert-OH is 1. The first-order valence-corrected chi connectivity index (χ1v) is 14.8. The van der Waals surface area contributed by atoms with E-state index in [-0.39, 0.29) is 41.1 Å². The zero-order valence-corrected chi connectivity index (χ0v) is 25.7. The number of hydrogen-bond acceptors (Lipinski definition) is 7. The molecule has 226 valence electrons. The van der Waals surface area contributed by atoms with Gasteiger partial charge in [0, 0.05) is 38.4 Å². The number of carbonyl (C=O) groups excluding carboxylic acids is 2. The van der Waals surface area contributed by atoms with Gasteiger partial charge in [0.2, 0.25) is 0 Å². The minimum atomic E-state index is -1.60. The lowest BCUT2D eigenvalue weighted by atomic mass is 9.80. The average Bonchev–Trinajstić information content (AvgIpc) is 3.32. The van der Waals surface area contributed by atoms with E-state index in [1.54, 1.807) is 7.05 Å². The van der Waals surface area contributed by atoms with Crippen LogP contribution < -0.4 is 4.74 Å². The van der Waals surface area contributed by atoms with Crippen LogP contribution in [0.15, 0.2) is 53.0 Å². The highest BCUT2D eigenvalue weighted by molar-refractivity contribution is 6.07. The number of Topliss-reactive ketones (excluding diaryl/α,β-unsaturated/α-hetero) is 1. The number of carbonyl (C=O) groups is 2. The number of amides is 1. The molecular formula is C33H48N2O6. The Morgan fingerprint density at radius 1 is 1.17 bits per heavy atom. The molecule has 0 spiro atoms. The normalized spacial score (nSPS) is 21.9. The van der Waals surface area contributed by atoms with E-state index in [0.29, 0.717) is 26.0 Å². The van der Waals surface area contributed by atoms with E-state index in [4.69, 9.17) is 9.47 Å². The third-order valence-electron chi connectivity index (χ3n) is 7.75. The van der Waals surface area contributed by atoms with Gasteiger partial charge in [-0.3, -0.25) is 9.59 Å². The lowest BCUT2D eigenvalue weighted by molar-refractivity contribution is -0.130. The van der Waals surface area contributed by atoms with Crippen molar-refractivity contribution in [3.63, 3.8) is 0 Å². The third-order valence-corrected chi connectivity index (χ3v) is 7.75. The number of ether oxygens (including phenoxy) is 2. The molecule has 1 aliphatic carbocycles. The van der Waals surface area contributed by atoms with E-state index in [2.05, 4.69) is 38.1 Å². The monoisotopic (exact) mass is 568 g/mol. The van der Waals surface area contributed by atoms with E-state index >= 15 is 0 Å². The summed E-state index contributed by atoms with van der Waals surface area (Å²) in [5.41, 5.74) is 1.15. The molecule has 1 aromatic rings. The predicted octanol–water partition coefficient (Wildman–Crippen LogP) is 4.91. The van der Waals surface area contributed by atoms with Crippen LogP contribution in [0, 0.1) is 0 Å². The van der Waals surface area contributed by atoms with Gasteiger partial charge in [-0.1, -0.05) is 13.0 Å². The Morgan fingerprint density at radius 2 is 1.93 bits per heavy atom. The first-order chi connectivity index (χ1) is 19.4. The van der Waals surface area contributed by atoms with Crippen molar-refractivity contribution in [2.45, 2.75) is 83.8 Å². The molecule has 1 aromatic carbocycles. The van der Waals surface area contributed by atoms with Gasteiger partial charge in [0.25, 0.3) is 5.91 Å². The first kappa shape index (κ1) is 32.4. The van der Waals surface area contributed by atoms with Gasteiger partial charge in [-0.05, 0) is 95.5 Å². The molecule has 1 amide bonds. The molecule has 2 N–H and O–H groups in total. The maximum atomic E-state index is 13.3. The van der Waals surface area contributed by atoms with Crippen molar-refractivity contribution >= 4 is 11.7 Å². The Labute approximate surface area is 245 Å². The van der Waals surface area contributed by atoms with Crippen molar-refractivity contribution in [1.82, 2.24) is 9.80 Å². The van der Waals surface area contributed by atoms with Gasteiger partial charge in [-0.2, -0.15) is 0 Å². The largest absolute Gasteiger partial charge is 0.512 e. The van der Waals surface area contributed by atoms with Crippen molar-refractivity contribution in [3.05, 3.63) is 64.1 Å². The molecule has 0 radical (unpaired) electrons. The minimum Gasteiger partial charge on any atom is -0.512 e. The number of benzene rings is 1. The third kappa shape index (κ3) is 9.20. The fourth-order valence-corrected chi connectivity index (χ4v) is 5.36. The summed E-state index contributed by atoms with van der Waals surface area (Å²) in [5, 5.41) is 21.8. The van der Waals surface area contributed by atoms with Crippen LogP contribution in [0.5, 0.6) is 5.75 Å². The zero-order valence-electron chi connectivity index (χ0n) is 25.7. The molecule has 0 saturated heterocycles. The standard InChI is InChI=1S/C33H48N2O6/c1-7-24-19-26(40-18-10-17-34(4)5)16-14-25(24)11-8-9-12-30(36)28-20-29(33(3,39)21-31(28)37)32(38)35(6)22-27-15-13-23(2)41-27/h13-14,16,19-20,27,36,39H,7-12,15,17-18,21-22H2,1-6H3. The summed E-state index contributed by atoms with van der Waals surface area (Å²) in [5.74, 6) is 0.959. The van der Waals surface area contributed by atoms with Crippen molar-refractivity contribution in [2.75, 3.05) is 40.8 Å². The maximum Gasteiger partial charge on any atom is 0.252 e. The molecule has 0 fully saturated rings. The molecule has 1 heterocycles. The number of likely N-dealkylation sites (N-methyl/N-ethyl adjacent to an activating group) is 1. The van der Waals surface area contributed by atoms with E-state index in [1.165, 1.54) is 29.0 Å². The molecule has 0 bridgehead atoms. The number of aryl methyl sites for hydroxylation is 2. The molecular weight excluding hydrogens is 520 g/mol. The number of nitrogens with zero attached hydrogens (tertiary/aromatic N) is 2. The van der Waals surface area contributed by atoms with Gasteiger partial charge in [-0.25, -0.2) is 0 Å². The second-order valence-corrected chi connectivity index (χ2v) is 11.8. The molecule has 2 aliphatic rings. The molecule has 3 rings (SSSR count). The summed E-state index contributed by atoms with van der Waals surface area (Å²) >= 11 is 0. The lowest BCUT2D eigenvalue weighted by Crippen LogP contribution is -2.44. The Bertz CT molecular complexity index is 1180. The van der Waals surface area contributed by atoms with Crippen molar-refractivity contribution < 1.29 is 29.3 Å². The molecule has 8 nitrogen and oxygen atoms in total. The summed E-state index contributed by atoms with van der Waals surface area (Å²) in [6, 6.07) is 6.26. The maximum absolute atomic E-state index is 13.3. The minimum absolute atomic E-state index is 0.0328. The molecule has 0 aromatic heterocycles.